The summed E-state index contributed by atoms with van der Waals surface area (Å²) in [6.45, 7) is 7.25. The highest BCUT2D eigenvalue weighted by Gasteiger charge is 2.27. The van der Waals surface area contributed by atoms with E-state index >= 15 is 0 Å². The van der Waals surface area contributed by atoms with E-state index in [0.29, 0.717) is 0 Å². The van der Waals surface area contributed by atoms with E-state index in [1.54, 1.807) is 0 Å². The molecule has 3 heteroatoms. The van der Waals surface area contributed by atoms with Crippen molar-refractivity contribution < 1.29 is 4.79 Å². The van der Waals surface area contributed by atoms with Gasteiger partial charge in [0.05, 0.1) is 5.92 Å². The highest BCUT2D eigenvalue weighted by atomic mass is 16.1. The van der Waals surface area contributed by atoms with Gasteiger partial charge in [-0.3, -0.25) is 4.79 Å². The number of aryl methyl sites for hydroxylation is 2. The lowest BCUT2D eigenvalue weighted by molar-refractivity contribution is -0.121. The summed E-state index contributed by atoms with van der Waals surface area (Å²) in [5.74, 6) is 0.221. The maximum atomic E-state index is 12.2. The van der Waals surface area contributed by atoms with Gasteiger partial charge in [0, 0.05) is 11.7 Å². The number of carbonyl (C=O) groups is 1. The van der Waals surface area contributed by atoms with Gasteiger partial charge in [-0.25, -0.2) is 0 Å². The van der Waals surface area contributed by atoms with Crippen LogP contribution in [0, 0.1) is 19.8 Å². The van der Waals surface area contributed by atoms with Gasteiger partial charge in [-0.2, -0.15) is 0 Å². The van der Waals surface area contributed by atoms with Crippen molar-refractivity contribution in [3.05, 3.63) is 29.3 Å². The second-order valence-electron chi connectivity index (χ2n) is 5.28. The van der Waals surface area contributed by atoms with Gasteiger partial charge in [-0.05, 0) is 63.4 Å². The van der Waals surface area contributed by atoms with Crippen molar-refractivity contribution >= 4 is 11.6 Å². The van der Waals surface area contributed by atoms with E-state index in [1.165, 1.54) is 11.1 Å². The normalized spacial score (nSPS) is 23.7. The number of benzene rings is 1. The smallest absolute Gasteiger partial charge is 0.229 e. The molecule has 18 heavy (non-hydrogen) atoms. The summed E-state index contributed by atoms with van der Waals surface area (Å²) in [6.07, 6.45) is 2.06. The predicted octanol–water partition coefficient (Wildman–Crippen LogP) is 2.63. The van der Waals surface area contributed by atoms with Crippen LogP contribution in [0.25, 0.3) is 0 Å². The second kappa shape index (κ2) is 5.53. The lowest BCUT2D eigenvalue weighted by atomic mass is 9.91. The first-order valence-electron chi connectivity index (χ1n) is 6.69. The fraction of sp³-hybridized carbons (Fsp3) is 0.533. The molecule has 1 aliphatic heterocycles. The Morgan fingerprint density at radius 3 is 2.78 bits per heavy atom. The Hall–Kier alpha value is -1.35. The zero-order valence-corrected chi connectivity index (χ0v) is 11.4. The molecule has 1 aromatic rings. The lowest BCUT2D eigenvalue weighted by Crippen LogP contribution is -2.44. The molecule has 1 fully saturated rings. The van der Waals surface area contributed by atoms with Gasteiger partial charge in [-0.15, -0.1) is 0 Å². The molecule has 98 valence electrons. The topological polar surface area (TPSA) is 41.1 Å². The molecule has 2 rings (SSSR count). The van der Waals surface area contributed by atoms with E-state index in [1.807, 2.05) is 18.2 Å². The molecule has 1 aromatic carbocycles. The zero-order chi connectivity index (χ0) is 13.1. The average molecular weight is 246 g/mol. The molecule has 0 spiro atoms. The third-order valence-electron chi connectivity index (χ3n) is 3.87. The number of anilines is 1. The maximum Gasteiger partial charge on any atom is 0.229 e. The SMILES string of the molecule is Cc1ccc(NC(=O)C2CCCNC2C)cc1C. The first kappa shape index (κ1) is 13.1. The molecule has 0 bridgehead atoms. The van der Waals surface area contributed by atoms with E-state index in [4.69, 9.17) is 0 Å². The molecule has 0 saturated carbocycles. The van der Waals surface area contributed by atoms with Crippen molar-refractivity contribution in [1.82, 2.24) is 5.32 Å². The molecular formula is C15H22N2O. The van der Waals surface area contributed by atoms with E-state index in [-0.39, 0.29) is 17.9 Å². The first-order valence-corrected chi connectivity index (χ1v) is 6.69. The number of piperidine rings is 1. The molecule has 0 aliphatic carbocycles. The van der Waals surface area contributed by atoms with Crippen molar-refractivity contribution in [1.29, 1.82) is 0 Å². The Balaban J connectivity index is 2.04. The van der Waals surface area contributed by atoms with Crippen molar-refractivity contribution in [3.8, 4) is 0 Å². The number of rotatable bonds is 2. The standard InChI is InChI=1S/C15H22N2O/c1-10-6-7-13(9-11(10)2)17-15(18)14-5-4-8-16-12(14)3/h6-7,9,12,14,16H,4-5,8H2,1-3H3,(H,17,18). The van der Waals surface area contributed by atoms with E-state index in [2.05, 4.69) is 31.4 Å². The van der Waals surface area contributed by atoms with Gasteiger partial charge in [0.15, 0.2) is 0 Å². The third-order valence-corrected chi connectivity index (χ3v) is 3.87. The Kier molecular flexibility index (Phi) is 4.02. The molecule has 1 saturated heterocycles. The molecule has 1 aliphatic rings. The molecule has 3 nitrogen and oxygen atoms in total. The molecule has 1 amide bonds. The number of amides is 1. The minimum Gasteiger partial charge on any atom is -0.326 e. The number of carbonyl (C=O) groups excluding carboxylic acids is 1. The minimum atomic E-state index is 0.0837. The van der Waals surface area contributed by atoms with Crippen molar-refractivity contribution in [3.63, 3.8) is 0 Å². The average Bonchev–Trinajstić information content (AvgIpc) is 2.34. The Bertz CT molecular complexity index is 442. The molecule has 2 N–H and O–H groups in total. The Labute approximate surface area is 109 Å². The summed E-state index contributed by atoms with van der Waals surface area (Å²) in [4.78, 5) is 12.2. The quantitative estimate of drug-likeness (QED) is 0.842. The van der Waals surface area contributed by atoms with Crippen LogP contribution in [0.2, 0.25) is 0 Å². The van der Waals surface area contributed by atoms with Crippen molar-refractivity contribution in [2.24, 2.45) is 5.92 Å². The van der Waals surface area contributed by atoms with Gasteiger partial charge in [0.1, 0.15) is 0 Å². The Morgan fingerprint density at radius 1 is 1.33 bits per heavy atom. The third kappa shape index (κ3) is 2.91. The van der Waals surface area contributed by atoms with Crippen LogP contribution in [0.15, 0.2) is 18.2 Å². The predicted molar refractivity (Wildman–Crippen MR) is 74.7 cm³/mol. The summed E-state index contributed by atoms with van der Waals surface area (Å²) in [5, 5.41) is 6.39. The highest BCUT2D eigenvalue weighted by molar-refractivity contribution is 5.93. The molecule has 1 heterocycles. The summed E-state index contributed by atoms with van der Waals surface area (Å²) >= 11 is 0. The summed E-state index contributed by atoms with van der Waals surface area (Å²) in [5.41, 5.74) is 3.36. The molecule has 2 unspecified atom stereocenters. The van der Waals surface area contributed by atoms with Crippen LogP contribution in [0.3, 0.4) is 0 Å². The van der Waals surface area contributed by atoms with Gasteiger partial charge in [0.25, 0.3) is 0 Å². The molecule has 0 radical (unpaired) electrons. The Morgan fingerprint density at radius 2 is 2.11 bits per heavy atom. The highest BCUT2D eigenvalue weighted by Crippen LogP contribution is 2.20. The van der Waals surface area contributed by atoms with Crippen LogP contribution >= 0.6 is 0 Å². The van der Waals surface area contributed by atoms with E-state index in [9.17, 15) is 4.79 Å². The molecular weight excluding hydrogens is 224 g/mol. The number of nitrogens with one attached hydrogen (secondary N) is 2. The van der Waals surface area contributed by atoms with Crippen molar-refractivity contribution in [2.75, 3.05) is 11.9 Å². The second-order valence-corrected chi connectivity index (χ2v) is 5.28. The van der Waals surface area contributed by atoms with Crippen LogP contribution in [0.5, 0.6) is 0 Å². The van der Waals surface area contributed by atoms with Gasteiger partial charge >= 0.3 is 0 Å². The fourth-order valence-electron chi connectivity index (χ4n) is 2.46. The summed E-state index contributed by atoms with van der Waals surface area (Å²) < 4.78 is 0. The number of hydrogen-bond acceptors (Lipinski definition) is 2. The van der Waals surface area contributed by atoms with Crippen LogP contribution in [-0.2, 0) is 4.79 Å². The van der Waals surface area contributed by atoms with Crippen LogP contribution < -0.4 is 10.6 Å². The van der Waals surface area contributed by atoms with E-state index in [0.717, 1.165) is 25.1 Å². The molecule has 2 atom stereocenters. The van der Waals surface area contributed by atoms with Gasteiger partial charge < -0.3 is 10.6 Å². The van der Waals surface area contributed by atoms with Gasteiger partial charge in [0.2, 0.25) is 5.91 Å². The molecule has 0 aromatic heterocycles. The van der Waals surface area contributed by atoms with Crippen LogP contribution in [0.4, 0.5) is 5.69 Å². The van der Waals surface area contributed by atoms with E-state index < -0.39 is 0 Å². The monoisotopic (exact) mass is 246 g/mol. The van der Waals surface area contributed by atoms with Gasteiger partial charge in [-0.1, -0.05) is 6.07 Å². The first-order chi connectivity index (χ1) is 8.58. The largest absolute Gasteiger partial charge is 0.326 e. The van der Waals surface area contributed by atoms with Crippen molar-refractivity contribution in [2.45, 2.75) is 39.7 Å². The number of hydrogen-bond donors (Lipinski definition) is 2. The summed E-state index contributed by atoms with van der Waals surface area (Å²) in [6, 6.07) is 6.33. The fourth-order valence-corrected chi connectivity index (χ4v) is 2.46. The minimum absolute atomic E-state index is 0.0837. The summed E-state index contributed by atoms with van der Waals surface area (Å²) in [7, 11) is 0. The van der Waals surface area contributed by atoms with Crippen LogP contribution in [-0.4, -0.2) is 18.5 Å². The lowest BCUT2D eigenvalue weighted by Gasteiger charge is -2.28. The maximum absolute atomic E-state index is 12.2. The van der Waals surface area contributed by atoms with Crippen LogP contribution in [0.1, 0.15) is 30.9 Å². The zero-order valence-electron chi connectivity index (χ0n) is 11.4.